The van der Waals surface area contributed by atoms with Crippen LogP contribution in [0.5, 0.6) is 0 Å². The number of nitrogens with one attached hydrogen (secondary N) is 1. The van der Waals surface area contributed by atoms with Gasteiger partial charge in [0.15, 0.2) is 5.25 Å². The molecule has 0 saturated carbocycles. The van der Waals surface area contributed by atoms with Crippen molar-refractivity contribution in [2.45, 2.75) is 25.1 Å². The predicted molar refractivity (Wildman–Crippen MR) is 78.6 cm³/mol. The molecule has 0 amide bonds. The van der Waals surface area contributed by atoms with Gasteiger partial charge in [-0.2, -0.15) is 5.26 Å². The summed E-state index contributed by atoms with van der Waals surface area (Å²) in [5, 5.41) is 16.2. The molecule has 1 rings (SSSR count). The molecule has 0 aromatic heterocycles. The molecule has 0 aliphatic carbocycles. The van der Waals surface area contributed by atoms with Crippen LogP contribution in [0.3, 0.4) is 0 Å². The van der Waals surface area contributed by atoms with Gasteiger partial charge in [0.05, 0.1) is 6.07 Å². The zero-order chi connectivity index (χ0) is 15.9. The SMILES string of the molecule is CCC(C#N)S(=O)(=O)NCc1ccc(C=CC(=O)O)cc1. The Bertz CT molecular complexity index is 657. The third-order valence-corrected chi connectivity index (χ3v) is 4.50. The molecule has 1 atom stereocenters. The van der Waals surface area contributed by atoms with Gasteiger partial charge in [-0.3, -0.25) is 0 Å². The zero-order valence-corrected chi connectivity index (χ0v) is 12.3. The standard InChI is InChI=1S/C14H16N2O4S/c1-2-13(9-15)21(19,20)16-10-12-5-3-11(4-6-12)7-8-14(17)18/h3-8,13,16H,2,10H2,1H3,(H,17,18). The Morgan fingerprint density at radius 3 is 2.52 bits per heavy atom. The van der Waals surface area contributed by atoms with Crippen LogP contribution in [0.1, 0.15) is 24.5 Å². The number of benzene rings is 1. The van der Waals surface area contributed by atoms with Crippen molar-refractivity contribution in [3.05, 3.63) is 41.5 Å². The summed E-state index contributed by atoms with van der Waals surface area (Å²) in [6.07, 6.45) is 2.69. The Morgan fingerprint density at radius 2 is 2.05 bits per heavy atom. The number of hydrogen-bond donors (Lipinski definition) is 2. The van der Waals surface area contributed by atoms with Crippen LogP contribution in [0.25, 0.3) is 6.08 Å². The van der Waals surface area contributed by atoms with Crippen molar-refractivity contribution in [3.63, 3.8) is 0 Å². The molecule has 0 saturated heterocycles. The largest absolute Gasteiger partial charge is 0.478 e. The molecule has 0 bridgehead atoms. The first-order valence-corrected chi connectivity index (χ1v) is 7.81. The van der Waals surface area contributed by atoms with E-state index in [-0.39, 0.29) is 13.0 Å². The van der Waals surface area contributed by atoms with Crippen molar-refractivity contribution in [3.8, 4) is 6.07 Å². The number of carbonyl (C=O) groups is 1. The average Bonchev–Trinajstić information content (AvgIpc) is 2.45. The van der Waals surface area contributed by atoms with Gasteiger partial charge in [0.2, 0.25) is 10.0 Å². The van der Waals surface area contributed by atoms with Gasteiger partial charge in [0.25, 0.3) is 0 Å². The molecule has 0 heterocycles. The van der Waals surface area contributed by atoms with Crippen LogP contribution in [0.2, 0.25) is 0 Å². The summed E-state index contributed by atoms with van der Waals surface area (Å²) in [4.78, 5) is 10.4. The van der Waals surface area contributed by atoms with Crippen molar-refractivity contribution in [2.24, 2.45) is 0 Å². The molecule has 0 fully saturated rings. The van der Waals surface area contributed by atoms with Crippen LogP contribution in [0.4, 0.5) is 0 Å². The first-order chi connectivity index (χ1) is 9.89. The fourth-order valence-corrected chi connectivity index (χ4v) is 2.73. The Balaban J connectivity index is 2.69. The lowest BCUT2D eigenvalue weighted by Gasteiger charge is -2.10. The molecule has 0 aliphatic rings. The highest BCUT2D eigenvalue weighted by Crippen LogP contribution is 2.08. The number of aliphatic carboxylic acids is 1. The number of hydrogen-bond acceptors (Lipinski definition) is 4. The van der Waals surface area contributed by atoms with E-state index in [4.69, 9.17) is 10.4 Å². The summed E-state index contributed by atoms with van der Waals surface area (Å²) in [6.45, 7) is 1.72. The Labute approximate surface area is 123 Å². The summed E-state index contributed by atoms with van der Waals surface area (Å²) < 4.78 is 26.0. The van der Waals surface area contributed by atoms with Crippen LogP contribution in [0, 0.1) is 11.3 Å². The predicted octanol–water partition coefficient (Wildman–Crippen LogP) is 1.51. The van der Waals surface area contributed by atoms with Gasteiger partial charge in [0, 0.05) is 12.6 Å². The smallest absolute Gasteiger partial charge is 0.328 e. The van der Waals surface area contributed by atoms with Gasteiger partial charge in [-0.05, 0) is 23.6 Å². The van der Waals surface area contributed by atoms with Crippen molar-refractivity contribution in [2.75, 3.05) is 0 Å². The summed E-state index contributed by atoms with van der Waals surface area (Å²) >= 11 is 0. The molecule has 0 radical (unpaired) electrons. The van der Waals surface area contributed by atoms with Crippen LogP contribution in [-0.2, 0) is 21.4 Å². The van der Waals surface area contributed by atoms with Crippen molar-refractivity contribution < 1.29 is 18.3 Å². The molecule has 0 aliphatic heterocycles. The topological polar surface area (TPSA) is 107 Å². The van der Waals surface area contributed by atoms with Crippen LogP contribution >= 0.6 is 0 Å². The number of carboxylic acids is 1. The minimum absolute atomic E-state index is 0.0867. The van der Waals surface area contributed by atoms with E-state index in [2.05, 4.69) is 4.72 Å². The molecule has 21 heavy (non-hydrogen) atoms. The van der Waals surface area contributed by atoms with E-state index >= 15 is 0 Å². The third kappa shape index (κ3) is 5.38. The van der Waals surface area contributed by atoms with Gasteiger partial charge < -0.3 is 5.11 Å². The Hall–Kier alpha value is -2.17. The monoisotopic (exact) mass is 308 g/mol. The van der Waals surface area contributed by atoms with E-state index < -0.39 is 21.2 Å². The molecule has 6 nitrogen and oxygen atoms in total. The maximum Gasteiger partial charge on any atom is 0.328 e. The molecular formula is C14H16N2O4S. The molecule has 1 aromatic rings. The number of sulfonamides is 1. The number of nitriles is 1. The minimum Gasteiger partial charge on any atom is -0.478 e. The maximum absolute atomic E-state index is 11.8. The van der Waals surface area contributed by atoms with Crippen LogP contribution in [-0.4, -0.2) is 24.7 Å². The van der Waals surface area contributed by atoms with Crippen molar-refractivity contribution in [1.82, 2.24) is 4.72 Å². The lowest BCUT2D eigenvalue weighted by atomic mass is 10.1. The van der Waals surface area contributed by atoms with Gasteiger partial charge >= 0.3 is 5.97 Å². The van der Waals surface area contributed by atoms with Crippen molar-refractivity contribution in [1.29, 1.82) is 5.26 Å². The molecular weight excluding hydrogens is 292 g/mol. The highest BCUT2D eigenvalue weighted by atomic mass is 32.2. The molecule has 2 N–H and O–H groups in total. The van der Waals surface area contributed by atoms with E-state index in [0.29, 0.717) is 5.56 Å². The molecule has 1 aromatic carbocycles. The second kappa shape index (κ2) is 7.57. The summed E-state index contributed by atoms with van der Waals surface area (Å²) in [7, 11) is -3.66. The van der Waals surface area contributed by atoms with Gasteiger partial charge in [-0.25, -0.2) is 17.9 Å². The average molecular weight is 308 g/mol. The Morgan fingerprint density at radius 1 is 1.43 bits per heavy atom. The number of rotatable bonds is 7. The van der Waals surface area contributed by atoms with E-state index in [0.717, 1.165) is 11.6 Å². The number of carboxylic acid groups (broad SMARTS) is 1. The quantitative estimate of drug-likeness (QED) is 0.742. The van der Waals surface area contributed by atoms with E-state index in [9.17, 15) is 13.2 Å². The summed E-state index contributed by atoms with van der Waals surface area (Å²) in [6, 6.07) is 8.50. The fourth-order valence-electron chi connectivity index (χ4n) is 1.58. The van der Waals surface area contributed by atoms with Crippen LogP contribution in [0.15, 0.2) is 30.3 Å². The first kappa shape index (κ1) is 16.9. The highest BCUT2D eigenvalue weighted by molar-refractivity contribution is 7.90. The normalized spacial score (nSPS) is 13.0. The lowest BCUT2D eigenvalue weighted by Crippen LogP contribution is -2.32. The van der Waals surface area contributed by atoms with Crippen LogP contribution < -0.4 is 4.72 Å². The Kier molecular flexibility index (Phi) is 6.09. The molecule has 112 valence electrons. The lowest BCUT2D eigenvalue weighted by molar-refractivity contribution is -0.131. The molecule has 0 spiro atoms. The first-order valence-electron chi connectivity index (χ1n) is 6.27. The molecule has 1 unspecified atom stereocenters. The zero-order valence-electron chi connectivity index (χ0n) is 11.5. The fraction of sp³-hybridized carbons (Fsp3) is 0.286. The summed E-state index contributed by atoms with van der Waals surface area (Å²) in [5.41, 5.74) is 1.42. The second-order valence-electron chi connectivity index (χ2n) is 4.31. The summed E-state index contributed by atoms with van der Waals surface area (Å²) in [5.74, 6) is -1.03. The van der Waals surface area contributed by atoms with Crippen molar-refractivity contribution >= 4 is 22.1 Å². The minimum atomic E-state index is -3.66. The maximum atomic E-state index is 11.8. The second-order valence-corrected chi connectivity index (χ2v) is 6.25. The highest BCUT2D eigenvalue weighted by Gasteiger charge is 2.22. The van der Waals surface area contributed by atoms with E-state index in [1.165, 1.54) is 6.08 Å². The van der Waals surface area contributed by atoms with E-state index in [1.807, 2.05) is 0 Å². The van der Waals surface area contributed by atoms with E-state index in [1.54, 1.807) is 37.3 Å². The molecule has 7 heteroatoms. The third-order valence-electron chi connectivity index (χ3n) is 2.76. The van der Waals surface area contributed by atoms with Gasteiger partial charge in [-0.1, -0.05) is 31.2 Å². The van der Waals surface area contributed by atoms with Gasteiger partial charge in [0.1, 0.15) is 0 Å². The van der Waals surface area contributed by atoms with Gasteiger partial charge in [-0.15, -0.1) is 0 Å². The number of nitrogens with zero attached hydrogens (tertiary/aromatic N) is 1.